The van der Waals surface area contributed by atoms with E-state index in [1.807, 2.05) is 0 Å². The second kappa shape index (κ2) is 4.87. The number of nitrogens with two attached hydrogens (primary N) is 1. The van der Waals surface area contributed by atoms with Crippen molar-refractivity contribution in [2.75, 3.05) is 12.0 Å². The van der Waals surface area contributed by atoms with Crippen molar-refractivity contribution in [3.05, 3.63) is 29.8 Å². The van der Waals surface area contributed by atoms with Crippen molar-refractivity contribution >= 4 is 5.69 Å². The topological polar surface area (TPSA) is 38.0 Å². The van der Waals surface area contributed by atoms with E-state index in [9.17, 15) is 0 Å². The van der Waals surface area contributed by atoms with Gasteiger partial charge < -0.3 is 11.1 Å². The predicted octanol–water partition coefficient (Wildman–Crippen LogP) is 2.53. The molecule has 2 heteroatoms. The van der Waals surface area contributed by atoms with E-state index in [0.717, 1.165) is 5.69 Å². The minimum absolute atomic E-state index is 0.489. The number of hydrogen-bond acceptors (Lipinski definition) is 2. The molecule has 0 bridgehead atoms. The van der Waals surface area contributed by atoms with E-state index >= 15 is 0 Å². The Morgan fingerprint density at radius 2 is 1.92 bits per heavy atom. The van der Waals surface area contributed by atoms with E-state index in [4.69, 9.17) is 5.73 Å². The van der Waals surface area contributed by atoms with Crippen molar-refractivity contribution in [3.63, 3.8) is 0 Å². The molecule has 1 rings (SSSR count). The molecule has 1 aromatic rings. The van der Waals surface area contributed by atoms with Crippen molar-refractivity contribution < 1.29 is 0 Å². The first-order valence-electron chi connectivity index (χ1n) is 4.81. The Hall–Kier alpha value is -1.02. The van der Waals surface area contributed by atoms with E-state index in [0.29, 0.717) is 12.6 Å². The molecule has 13 heavy (non-hydrogen) atoms. The highest BCUT2D eigenvalue weighted by Crippen LogP contribution is 2.20. The summed E-state index contributed by atoms with van der Waals surface area (Å²) in [4.78, 5) is 0. The van der Waals surface area contributed by atoms with Crippen LogP contribution in [0.5, 0.6) is 0 Å². The zero-order valence-electron chi connectivity index (χ0n) is 8.38. The highest BCUT2D eigenvalue weighted by atomic mass is 15.0. The van der Waals surface area contributed by atoms with Gasteiger partial charge in [0.15, 0.2) is 0 Å². The molecule has 0 fully saturated rings. The summed E-state index contributed by atoms with van der Waals surface area (Å²) in [6.07, 6.45) is 1.18. The van der Waals surface area contributed by atoms with Crippen LogP contribution >= 0.6 is 0 Å². The van der Waals surface area contributed by atoms with Crippen LogP contribution < -0.4 is 11.1 Å². The second-order valence-corrected chi connectivity index (χ2v) is 3.31. The Morgan fingerprint density at radius 3 is 2.38 bits per heavy atom. The average molecular weight is 178 g/mol. The summed E-state index contributed by atoms with van der Waals surface area (Å²) < 4.78 is 0. The van der Waals surface area contributed by atoms with Crippen LogP contribution in [-0.2, 0) is 0 Å². The molecule has 0 aliphatic heterocycles. The fourth-order valence-electron chi connectivity index (χ4n) is 1.28. The lowest BCUT2D eigenvalue weighted by molar-refractivity contribution is 0.734. The smallest absolute Gasteiger partial charge is 0.0628 e. The maximum atomic E-state index is 5.37. The van der Waals surface area contributed by atoms with E-state index < -0.39 is 0 Å². The number of benzene rings is 1. The summed E-state index contributed by atoms with van der Waals surface area (Å²) in [6, 6.07) is 8.47. The fraction of sp³-hybridized carbons (Fsp3) is 0.455. The van der Waals surface area contributed by atoms with E-state index in [1.165, 1.54) is 12.0 Å². The standard InChI is InChI=1S/C11H18N2/c1-3-9(2)10-4-6-11(7-5-10)13-8-12/h4-7,9,13H,3,8,12H2,1-2H3. The van der Waals surface area contributed by atoms with Gasteiger partial charge in [-0.3, -0.25) is 0 Å². The number of nitrogens with one attached hydrogen (secondary N) is 1. The molecular weight excluding hydrogens is 160 g/mol. The lowest BCUT2D eigenvalue weighted by Crippen LogP contribution is -2.10. The summed E-state index contributed by atoms with van der Waals surface area (Å²) in [5.41, 5.74) is 7.86. The van der Waals surface area contributed by atoms with Gasteiger partial charge in [-0.15, -0.1) is 0 Å². The third kappa shape index (κ3) is 2.74. The van der Waals surface area contributed by atoms with Gasteiger partial charge in [0, 0.05) is 5.69 Å². The van der Waals surface area contributed by atoms with Crippen LogP contribution in [-0.4, -0.2) is 6.67 Å². The van der Waals surface area contributed by atoms with Gasteiger partial charge in [0.25, 0.3) is 0 Å². The van der Waals surface area contributed by atoms with Gasteiger partial charge in [-0.1, -0.05) is 26.0 Å². The highest BCUT2D eigenvalue weighted by molar-refractivity contribution is 5.44. The molecule has 1 unspecified atom stereocenters. The summed E-state index contributed by atoms with van der Waals surface area (Å²) in [5.74, 6) is 0.645. The molecule has 1 aromatic carbocycles. The third-order valence-corrected chi connectivity index (χ3v) is 2.40. The molecule has 1 atom stereocenters. The maximum absolute atomic E-state index is 5.37. The number of hydrogen-bond donors (Lipinski definition) is 2. The SMILES string of the molecule is CCC(C)c1ccc(NCN)cc1. The average Bonchev–Trinajstić information content (AvgIpc) is 2.18. The van der Waals surface area contributed by atoms with Crippen LogP contribution in [0.15, 0.2) is 24.3 Å². The van der Waals surface area contributed by atoms with Gasteiger partial charge in [0.1, 0.15) is 0 Å². The van der Waals surface area contributed by atoms with Gasteiger partial charge in [-0.05, 0) is 30.0 Å². The summed E-state index contributed by atoms with van der Waals surface area (Å²) in [6.45, 7) is 4.94. The molecule has 0 radical (unpaired) electrons. The molecule has 0 spiro atoms. The highest BCUT2D eigenvalue weighted by Gasteiger charge is 2.01. The van der Waals surface area contributed by atoms with E-state index in [-0.39, 0.29) is 0 Å². The second-order valence-electron chi connectivity index (χ2n) is 3.31. The Labute approximate surface area is 80.1 Å². The van der Waals surface area contributed by atoms with Crippen LogP contribution in [0.4, 0.5) is 5.69 Å². The summed E-state index contributed by atoms with van der Waals surface area (Å²) in [5, 5.41) is 3.07. The minimum Gasteiger partial charge on any atom is -0.373 e. The number of anilines is 1. The van der Waals surface area contributed by atoms with Crippen molar-refractivity contribution in [2.24, 2.45) is 5.73 Å². The van der Waals surface area contributed by atoms with Gasteiger partial charge >= 0.3 is 0 Å². The normalized spacial score (nSPS) is 12.5. The van der Waals surface area contributed by atoms with Crippen LogP contribution in [0, 0.1) is 0 Å². The monoisotopic (exact) mass is 178 g/mol. The molecule has 0 amide bonds. The van der Waals surface area contributed by atoms with Gasteiger partial charge in [-0.2, -0.15) is 0 Å². The summed E-state index contributed by atoms with van der Waals surface area (Å²) >= 11 is 0. The number of rotatable bonds is 4. The van der Waals surface area contributed by atoms with Gasteiger partial charge in [0.05, 0.1) is 6.67 Å². The zero-order valence-corrected chi connectivity index (χ0v) is 8.38. The van der Waals surface area contributed by atoms with Crippen molar-refractivity contribution in [1.82, 2.24) is 0 Å². The van der Waals surface area contributed by atoms with Crippen molar-refractivity contribution in [1.29, 1.82) is 0 Å². The van der Waals surface area contributed by atoms with Crippen molar-refractivity contribution in [3.8, 4) is 0 Å². The quantitative estimate of drug-likeness (QED) is 0.695. The van der Waals surface area contributed by atoms with Crippen LogP contribution in [0.2, 0.25) is 0 Å². The first kappa shape index (κ1) is 10.1. The van der Waals surface area contributed by atoms with Gasteiger partial charge in [0.2, 0.25) is 0 Å². The molecule has 3 N–H and O–H groups in total. The molecule has 0 aliphatic rings. The molecule has 2 nitrogen and oxygen atoms in total. The Balaban J connectivity index is 2.69. The largest absolute Gasteiger partial charge is 0.373 e. The van der Waals surface area contributed by atoms with Gasteiger partial charge in [-0.25, -0.2) is 0 Å². The third-order valence-electron chi connectivity index (χ3n) is 2.40. The fourth-order valence-corrected chi connectivity index (χ4v) is 1.28. The first-order chi connectivity index (χ1) is 6.27. The molecular formula is C11H18N2. The molecule has 0 heterocycles. The summed E-state index contributed by atoms with van der Waals surface area (Å²) in [7, 11) is 0. The predicted molar refractivity (Wildman–Crippen MR) is 57.8 cm³/mol. The van der Waals surface area contributed by atoms with E-state index in [2.05, 4.69) is 43.4 Å². The first-order valence-corrected chi connectivity index (χ1v) is 4.81. The Morgan fingerprint density at radius 1 is 1.31 bits per heavy atom. The van der Waals surface area contributed by atoms with Crippen LogP contribution in [0.3, 0.4) is 0 Å². The Bertz CT molecular complexity index is 241. The minimum atomic E-state index is 0.489. The van der Waals surface area contributed by atoms with Crippen LogP contribution in [0.1, 0.15) is 31.7 Å². The molecule has 0 aromatic heterocycles. The molecule has 0 saturated carbocycles. The molecule has 0 saturated heterocycles. The van der Waals surface area contributed by atoms with Crippen LogP contribution in [0.25, 0.3) is 0 Å². The van der Waals surface area contributed by atoms with E-state index in [1.54, 1.807) is 0 Å². The lowest BCUT2D eigenvalue weighted by Gasteiger charge is -2.09. The molecule has 0 aliphatic carbocycles. The lowest BCUT2D eigenvalue weighted by atomic mass is 9.99. The zero-order chi connectivity index (χ0) is 9.68. The maximum Gasteiger partial charge on any atom is 0.0628 e. The van der Waals surface area contributed by atoms with Crippen molar-refractivity contribution in [2.45, 2.75) is 26.2 Å². The Kier molecular flexibility index (Phi) is 3.77. The molecule has 72 valence electrons.